The molecule has 1 aromatic carbocycles. The summed E-state index contributed by atoms with van der Waals surface area (Å²) in [6, 6.07) is 10.2. The Kier molecular flexibility index (Phi) is 4.24. The molecule has 3 rings (SSSR count). The van der Waals surface area contributed by atoms with Gasteiger partial charge in [0.05, 0.1) is 11.7 Å². The van der Waals surface area contributed by atoms with Crippen LogP contribution < -0.4 is 5.43 Å². The maximum atomic E-state index is 10.3. The zero-order chi connectivity index (χ0) is 14.5. The average Bonchev–Trinajstić information content (AvgIpc) is 2.55. The van der Waals surface area contributed by atoms with Crippen molar-refractivity contribution in [3.63, 3.8) is 0 Å². The predicted molar refractivity (Wildman–Crippen MR) is 84.4 cm³/mol. The van der Waals surface area contributed by atoms with Crippen molar-refractivity contribution < 1.29 is 4.79 Å². The summed E-state index contributed by atoms with van der Waals surface area (Å²) >= 11 is 0. The Morgan fingerprint density at radius 2 is 2.00 bits per heavy atom. The van der Waals surface area contributed by atoms with E-state index in [1.807, 2.05) is 24.3 Å². The number of carbonyl (C=O) groups is 1. The number of hydrogen-bond donors (Lipinski definition) is 1. The Bertz CT molecular complexity index is 660. The Labute approximate surface area is 124 Å². The standard InChI is InChI=1S/C17H19N3O/c21-12-19-18-11-14-10-17(13-6-2-1-3-7-13)20-16-9-5-4-8-15(14)16/h4-5,8-13H,1-3,6-7H2,(H,19,21)/b18-11+. The summed E-state index contributed by atoms with van der Waals surface area (Å²) in [6.07, 6.45) is 8.61. The third kappa shape index (κ3) is 3.10. The molecule has 2 aromatic rings. The number of pyridine rings is 1. The normalized spacial score (nSPS) is 16.4. The molecule has 0 radical (unpaired) electrons. The number of nitrogens with one attached hydrogen (secondary N) is 1. The van der Waals surface area contributed by atoms with Gasteiger partial charge >= 0.3 is 0 Å². The van der Waals surface area contributed by atoms with E-state index in [0.29, 0.717) is 12.3 Å². The van der Waals surface area contributed by atoms with Gasteiger partial charge in [0, 0.05) is 22.6 Å². The molecule has 0 bridgehead atoms. The molecular weight excluding hydrogens is 262 g/mol. The van der Waals surface area contributed by atoms with Gasteiger partial charge in [-0.05, 0) is 25.0 Å². The molecule has 1 fully saturated rings. The van der Waals surface area contributed by atoms with Crippen LogP contribution in [0.3, 0.4) is 0 Å². The van der Waals surface area contributed by atoms with E-state index in [1.165, 1.54) is 32.1 Å². The van der Waals surface area contributed by atoms with E-state index in [-0.39, 0.29) is 0 Å². The lowest BCUT2D eigenvalue weighted by Crippen LogP contribution is -2.08. The Morgan fingerprint density at radius 3 is 2.81 bits per heavy atom. The first-order valence-electron chi connectivity index (χ1n) is 7.50. The van der Waals surface area contributed by atoms with Crippen LogP contribution in [0.5, 0.6) is 0 Å². The number of amides is 1. The Hall–Kier alpha value is -2.23. The number of nitrogens with zero attached hydrogens (tertiary/aromatic N) is 2. The second kappa shape index (κ2) is 6.48. The van der Waals surface area contributed by atoms with Gasteiger partial charge in [0.25, 0.3) is 0 Å². The minimum absolute atomic E-state index is 0.550. The first-order chi connectivity index (χ1) is 10.4. The smallest absolute Gasteiger partial charge is 0.227 e. The molecule has 4 nitrogen and oxygen atoms in total. The third-order valence-corrected chi connectivity index (χ3v) is 4.12. The number of benzene rings is 1. The summed E-state index contributed by atoms with van der Waals surface area (Å²) in [5, 5.41) is 4.99. The topological polar surface area (TPSA) is 54.4 Å². The highest BCUT2D eigenvalue weighted by Gasteiger charge is 2.18. The number of carbonyl (C=O) groups excluding carboxylic acids is 1. The summed E-state index contributed by atoms with van der Waals surface area (Å²) in [5.41, 5.74) is 5.49. The summed E-state index contributed by atoms with van der Waals surface area (Å²) in [5.74, 6) is 0.550. The first kappa shape index (κ1) is 13.7. The van der Waals surface area contributed by atoms with E-state index in [0.717, 1.165) is 22.2 Å². The van der Waals surface area contributed by atoms with E-state index < -0.39 is 0 Å². The van der Waals surface area contributed by atoms with Crippen molar-refractivity contribution in [2.75, 3.05) is 0 Å². The highest BCUT2D eigenvalue weighted by molar-refractivity contribution is 5.98. The number of aromatic nitrogens is 1. The van der Waals surface area contributed by atoms with Gasteiger partial charge in [-0.3, -0.25) is 9.78 Å². The van der Waals surface area contributed by atoms with Crippen molar-refractivity contribution in [3.05, 3.63) is 41.6 Å². The molecule has 0 atom stereocenters. The predicted octanol–water partition coefficient (Wildman–Crippen LogP) is 3.36. The van der Waals surface area contributed by atoms with Crippen LogP contribution in [0, 0.1) is 0 Å². The molecule has 1 N–H and O–H groups in total. The molecule has 1 heterocycles. The number of hydrogen-bond acceptors (Lipinski definition) is 3. The molecule has 21 heavy (non-hydrogen) atoms. The van der Waals surface area contributed by atoms with Crippen LogP contribution in [0.25, 0.3) is 10.9 Å². The van der Waals surface area contributed by atoms with Gasteiger partial charge < -0.3 is 0 Å². The Balaban J connectivity index is 2.03. The second-order valence-electron chi connectivity index (χ2n) is 5.49. The molecule has 1 aliphatic carbocycles. The second-order valence-corrected chi connectivity index (χ2v) is 5.49. The van der Waals surface area contributed by atoms with Crippen molar-refractivity contribution in [2.45, 2.75) is 38.0 Å². The average molecular weight is 281 g/mol. The zero-order valence-corrected chi connectivity index (χ0v) is 12.0. The quantitative estimate of drug-likeness (QED) is 0.531. The van der Waals surface area contributed by atoms with Crippen LogP contribution in [0.15, 0.2) is 35.4 Å². The highest BCUT2D eigenvalue weighted by Crippen LogP contribution is 2.33. The van der Waals surface area contributed by atoms with Crippen molar-refractivity contribution in [1.29, 1.82) is 0 Å². The summed E-state index contributed by atoms with van der Waals surface area (Å²) in [4.78, 5) is 15.2. The van der Waals surface area contributed by atoms with E-state index >= 15 is 0 Å². The molecule has 1 amide bonds. The fourth-order valence-electron chi connectivity index (χ4n) is 3.08. The van der Waals surface area contributed by atoms with Gasteiger partial charge in [-0.1, -0.05) is 37.5 Å². The van der Waals surface area contributed by atoms with Gasteiger partial charge in [0.15, 0.2) is 0 Å². The van der Waals surface area contributed by atoms with Gasteiger partial charge in [-0.2, -0.15) is 5.10 Å². The van der Waals surface area contributed by atoms with Crippen LogP contribution in [0.1, 0.15) is 49.3 Å². The van der Waals surface area contributed by atoms with Crippen molar-refractivity contribution >= 4 is 23.5 Å². The molecule has 0 saturated heterocycles. The van der Waals surface area contributed by atoms with E-state index in [4.69, 9.17) is 4.98 Å². The van der Waals surface area contributed by atoms with Gasteiger partial charge in [0.2, 0.25) is 6.41 Å². The fourth-order valence-corrected chi connectivity index (χ4v) is 3.08. The van der Waals surface area contributed by atoms with Crippen LogP contribution in [0.2, 0.25) is 0 Å². The van der Waals surface area contributed by atoms with Gasteiger partial charge in [-0.15, -0.1) is 0 Å². The molecule has 1 saturated carbocycles. The number of hydrazone groups is 1. The zero-order valence-electron chi connectivity index (χ0n) is 12.0. The summed E-state index contributed by atoms with van der Waals surface area (Å²) in [7, 11) is 0. The van der Waals surface area contributed by atoms with E-state index in [9.17, 15) is 4.79 Å². The molecule has 4 heteroatoms. The van der Waals surface area contributed by atoms with Crippen molar-refractivity contribution in [1.82, 2.24) is 10.4 Å². The maximum absolute atomic E-state index is 10.3. The van der Waals surface area contributed by atoms with Crippen LogP contribution in [-0.2, 0) is 4.79 Å². The van der Waals surface area contributed by atoms with E-state index in [2.05, 4.69) is 16.6 Å². The van der Waals surface area contributed by atoms with Crippen molar-refractivity contribution in [2.24, 2.45) is 5.10 Å². The monoisotopic (exact) mass is 281 g/mol. The first-order valence-corrected chi connectivity index (χ1v) is 7.50. The van der Waals surface area contributed by atoms with Crippen molar-refractivity contribution in [3.8, 4) is 0 Å². The minimum Gasteiger partial charge on any atom is -0.277 e. The van der Waals surface area contributed by atoms with Crippen LogP contribution >= 0.6 is 0 Å². The lowest BCUT2D eigenvalue weighted by atomic mass is 9.86. The number of rotatable bonds is 4. The molecule has 108 valence electrons. The summed E-state index contributed by atoms with van der Waals surface area (Å²) in [6.45, 7) is 0. The molecule has 0 aliphatic heterocycles. The lowest BCUT2D eigenvalue weighted by Gasteiger charge is -2.21. The number of fused-ring (bicyclic) bond motifs is 1. The molecular formula is C17H19N3O. The summed E-state index contributed by atoms with van der Waals surface area (Å²) < 4.78 is 0. The molecule has 1 aromatic heterocycles. The van der Waals surface area contributed by atoms with Gasteiger partial charge in [0.1, 0.15) is 0 Å². The largest absolute Gasteiger partial charge is 0.277 e. The molecule has 0 unspecified atom stereocenters. The minimum atomic E-state index is 0.550. The van der Waals surface area contributed by atoms with Crippen LogP contribution in [0.4, 0.5) is 0 Å². The third-order valence-electron chi connectivity index (χ3n) is 4.12. The maximum Gasteiger partial charge on any atom is 0.227 e. The molecule has 1 aliphatic rings. The lowest BCUT2D eigenvalue weighted by molar-refractivity contribution is -0.109. The molecule has 0 spiro atoms. The SMILES string of the molecule is O=CN/N=C/c1cc(C2CCCCC2)nc2ccccc12. The van der Waals surface area contributed by atoms with E-state index in [1.54, 1.807) is 6.21 Å². The Morgan fingerprint density at radius 1 is 1.19 bits per heavy atom. The highest BCUT2D eigenvalue weighted by atomic mass is 16.1. The van der Waals surface area contributed by atoms with Gasteiger partial charge in [-0.25, -0.2) is 5.43 Å². The van der Waals surface area contributed by atoms with Crippen LogP contribution in [-0.4, -0.2) is 17.6 Å². The number of para-hydroxylation sites is 1. The fraction of sp³-hybridized carbons (Fsp3) is 0.353.